The van der Waals surface area contributed by atoms with E-state index >= 15 is 0 Å². The van der Waals surface area contributed by atoms with Gasteiger partial charge >= 0.3 is 0 Å². The molecule has 15 heavy (non-hydrogen) atoms. The van der Waals surface area contributed by atoms with Crippen molar-refractivity contribution in [2.75, 3.05) is 0 Å². The van der Waals surface area contributed by atoms with Gasteiger partial charge in [0.05, 0.1) is 6.04 Å². The zero-order valence-electron chi connectivity index (χ0n) is 9.08. The van der Waals surface area contributed by atoms with Crippen LogP contribution >= 0.6 is 15.9 Å². The van der Waals surface area contributed by atoms with Crippen LogP contribution in [0.15, 0.2) is 21.2 Å². The van der Waals surface area contributed by atoms with E-state index in [1.54, 1.807) is 0 Å². The predicted octanol–water partition coefficient (Wildman–Crippen LogP) is 3.87. The van der Waals surface area contributed by atoms with Crippen LogP contribution < -0.4 is 5.73 Å². The van der Waals surface area contributed by atoms with Crippen LogP contribution in [0.1, 0.15) is 44.4 Å². The quantitative estimate of drug-likeness (QED) is 0.887. The molecule has 1 heterocycles. The van der Waals surface area contributed by atoms with Gasteiger partial charge in [0, 0.05) is 0 Å². The Kier molecular flexibility index (Phi) is 3.52. The average molecular weight is 272 g/mol. The number of nitrogens with two attached hydrogens (primary N) is 1. The lowest BCUT2D eigenvalue weighted by molar-refractivity contribution is 0.230. The third-order valence-corrected chi connectivity index (χ3v) is 3.83. The van der Waals surface area contributed by atoms with Crippen molar-refractivity contribution in [3.8, 4) is 0 Å². The molecule has 0 saturated heterocycles. The second kappa shape index (κ2) is 4.71. The second-order valence-corrected chi connectivity index (χ2v) is 5.48. The van der Waals surface area contributed by atoms with Gasteiger partial charge in [-0.2, -0.15) is 0 Å². The van der Waals surface area contributed by atoms with Crippen LogP contribution in [0.5, 0.6) is 0 Å². The number of hydrogen-bond acceptors (Lipinski definition) is 2. The molecule has 1 aliphatic carbocycles. The molecule has 3 unspecified atom stereocenters. The van der Waals surface area contributed by atoms with Gasteiger partial charge in [-0.1, -0.05) is 19.8 Å². The van der Waals surface area contributed by atoms with Crippen LogP contribution in [-0.2, 0) is 0 Å². The Balaban J connectivity index is 2.03. The Labute approximate surface area is 99.3 Å². The Morgan fingerprint density at radius 3 is 2.87 bits per heavy atom. The summed E-state index contributed by atoms with van der Waals surface area (Å²) >= 11 is 3.31. The smallest absolute Gasteiger partial charge is 0.169 e. The molecule has 1 fully saturated rings. The number of hydrogen-bond donors (Lipinski definition) is 1. The summed E-state index contributed by atoms with van der Waals surface area (Å²) in [6.45, 7) is 2.32. The van der Waals surface area contributed by atoms with Gasteiger partial charge in [-0.15, -0.1) is 0 Å². The maximum atomic E-state index is 6.23. The summed E-state index contributed by atoms with van der Waals surface area (Å²) in [4.78, 5) is 0. The van der Waals surface area contributed by atoms with Gasteiger partial charge in [-0.05, 0) is 52.7 Å². The van der Waals surface area contributed by atoms with Gasteiger partial charge in [0.15, 0.2) is 4.67 Å². The molecular formula is C12H18BrNO. The minimum atomic E-state index is 0.0686. The van der Waals surface area contributed by atoms with E-state index in [9.17, 15) is 0 Å². The summed E-state index contributed by atoms with van der Waals surface area (Å²) < 4.78 is 6.30. The van der Waals surface area contributed by atoms with Crippen LogP contribution in [0.3, 0.4) is 0 Å². The lowest BCUT2D eigenvalue weighted by Gasteiger charge is -2.30. The summed E-state index contributed by atoms with van der Waals surface area (Å²) in [5.41, 5.74) is 6.23. The van der Waals surface area contributed by atoms with Gasteiger partial charge in [-0.25, -0.2) is 0 Å². The highest BCUT2D eigenvalue weighted by Crippen LogP contribution is 2.36. The maximum absolute atomic E-state index is 6.23. The molecule has 1 saturated carbocycles. The SMILES string of the molecule is CC1CCCC(C(N)c2ccc(Br)o2)C1. The van der Waals surface area contributed by atoms with Crippen LogP contribution in [0.4, 0.5) is 0 Å². The monoisotopic (exact) mass is 271 g/mol. The van der Waals surface area contributed by atoms with Crippen LogP contribution in [0.25, 0.3) is 0 Å². The first-order chi connectivity index (χ1) is 7.16. The highest BCUT2D eigenvalue weighted by Gasteiger charge is 2.26. The van der Waals surface area contributed by atoms with E-state index in [1.807, 2.05) is 12.1 Å². The zero-order valence-corrected chi connectivity index (χ0v) is 10.7. The van der Waals surface area contributed by atoms with Crippen molar-refractivity contribution in [2.24, 2.45) is 17.6 Å². The zero-order chi connectivity index (χ0) is 10.8. The van der Waals surface area contributed by atoms with E-state index in [4.69, 9.17) is 10.2 Å². The van der Waals surface area contributed by atoms with Crippen molar-refractivity contribution in [3.05, 3.63) is 22.6 Å². The molecule has 2 N–H and O–H groups in total. The van der Waals surface area contributed by atoms with E-state index in [1.165, 1.54) is 25.7 Å². The molecule has 0 aliphatic heterocycles. The van der Waals surface area contributed by atoms with Crippen molar-refractivity contribution in [3.63, 3.8) is 0 Å². The van der Waals surface area contributed by atoms with E-state index < -0.39 is 0 Å². The standard InChI is InChI=1S/C12H18BrNO/c1-8-3-2-4-9(7-8)12(14)10-5-6-11(13)15-10/h5-6,8-9,12H,2-4,7,14H2,1H3. The van der Waals surface area contributed by atoms with Gasteiger partial charge < -0.3 is 10.2 Å². The van der Waals surface area contributed by atoms with Crippen molar-refractivity contribution in [2.45, 2.75) is 38.6 Å². The fourth-order valence-corrected chi connectivity index (χ4v) is 2.87. The third-order valence-electron chi connectivity index (χ3n) is 3.41. The molecule has 84 valence electrons. The summed E-state index contributed by atoms with van der Waals surface area (Å²) in [6, 6.07) is 3.97. The van der Waals surface area contributed by atoms with Crippen LogP contribution in [-0.4, -0.2) is 0 Å². The normalized spacial score (nSPS) is 29.0. The molecule has 0 spiro atoms. The van der Waals surface area contributed by atoms with Crippen molar-refractivity contribution < 1.29 is 4.42 Å². The molecule has 0 bridgehead atoms. The number of halogens is 1. The lowest BCUT2D eigenvalue weighted by atomic mass is 9.78. The van der Waals surface area contributed by atoms with Crippen LogP contribution in [0, 0.1) is 11.8 Å². The Hall–Kier alpha value is -0.280. The van der Waals surface area contributed by atoms with Gasteiger partial charge in [0.2, 0.25) is 0 Å². The molecule has 1 aromatic heterocycles. The molecule has 0 radical (unpaired) electrons. The predicted molar refractivity (Wildman–Crippen MR) is 64.5 cm³/mol. The minimum absolute atomic E-state index is 0.0686. The fraction of sp³-hybridized carbons (Fsp3) is 0.667. The Morgan fingerprint density at radius 2 is 2.27 bits per heavy atom. The summed E-state index contributed by atoms with van der Waals surface area (Å²) in [5.74, 6) is 2.32. The first kappa shape index (κ1) is 11.2. The van der Waals surface area contributed by atoms with Gasteiger partial charge in [-0.3, -0.25) is 0 Å². The van der Waals surface area contributed by atoms with Gasteiger partial charge in [0.1, 0.15) is 5.76 Å². The number of furan rings is 1. The van der Waals surface area contributed by atoms with Crippen molar-refractivity contribution in [1.82, 2.24) is 0 Å². The summed E-state index contributed by atoms with van der Waals surface area (Å²) in [6.07, 6.45) is 5.13. The molecule has 2 nitrogen and oxygen atoms in total. The molecule has 1 aromatic rings. The largest absolute Gasteiger partial charge is 0.453 e. The summed E-state index contributed by atoms with van der Waals surface area (Å²) in [5, 5.41) is 0. The van der Waals surface area contributed by atoms with Crippen molar-refractivity contribution >= 4 is 15.9 Å². The first-order valence-electron chi connectivity index (χ1n) is 5.67. The average Bonchev–Trinajstić information content (AvgIpc) is 2.64. The van der Waals surface area contributed by atoms with E-state index in [0.29, 0.717) is 5.92 Å². The second-order valence-electron chi connectivity index (χ2n) is 4.70. The molecule has 3 atom stereocenters. The molecule has 0 aromatic carbocycles. The molecule has 0 amide bonds. The summed E-state index contributed by atoms with van der Waals surface area (Å²) in [7, 11) is 0. The molecular weight excluding hydrogens is 254 g/mol. The van der Waals surface area contributed by atoms with E-state index in [0.717, 1.165) is 16.3 Å². The first-order valence-corrected chi connectivity index (χ1v) is 6.47. The van der Waals surface area contributed by atoms with Crippen LogP contribution in [0.2, 0.25) is 0 Å². The van der Waals surface area contributed by atoms with E-state index in [2.05, 4.69) is 22.9 Å². The Bertz CT molecular complexity index is 323. The maximum Gasteiger partial charge on any atom is 0.169 e. The molecule has 1 aliphatic rings. The Morgan fingerprint density at radius 1 is 1.47 bits per heavy atom. The molecule has 3 heteroatoms. The molecule has 2 rings (SSSR count). The highest BCUT2D eigenvalue weighted by atomic mass is 79.9. The third kappa shape index (κ3) is 2.64. The van der Waals surface area contributed by atoms with Crippen molar-refractivity contribution in [1.29, 1.82) is 0 Å². The minimum Gasteiger partial charge on any atom is -0.453 e. The lowest BCUT2D eigenvalue weighted by Crippen LogP contribution is -2.25. The number of rotatable bonds is 2. The van der Waals surface area contributed by atoms with E-state index in [-0.39, 0.29) is 6.04 Å². The highest BCUT2D eigenvalue weighted by molar-refractivity contribution is 9.10. The van der Waals surface area contributed by atoms with Gasteiger partial charge in [0.25, 0.3) is 0 Å². The topological polar surface area (TPSA) is 39.2 Å². The fourth-order valence-electron chi connectivity index (χ4n) is 2.55.